The highest BCUT2D eigenvalue weighted by atomic mass is 35.5. The maximum absolute atomic E-state index is 14.8. The second-order valence-electron chi connectivity index (χ2n) is 7.30. The molecule has 1 N–H and O–H groups in total. The number of halogens is 10. The van der Waals surface area contributed by atoms with Crippen LogP contribution in [0.4, 0.5) is 40.8 Å². The minimum Gasteiger partial charge on any atom is -0.394 e. The fourth-order valence-electron chi connectivity index (χ4n) is 4.19. The summed E-state index contributed by atoms with van der Waals surface area (Å²) in [5.74, 6) is -3.22. The van der Waals surface area contributed by atoms with Crippen LogP contribution in [0.5, 0.6) is 0 Å². The van der Waals surface area contributed by atoms with Gasteiger partial charge in [0.15, 0.2) is 5.82 Å². The third-order valence-corrected chi connectivity index (χ3v) is 6.32. The molecule has 178 valence electrons. The number of benzene rings is 2. The Hall–Kier alpha value is -2.29. The van der Waals surface area contributed by atoms with Crippen molar-refractivity contribution in [2.24, 2.45) is 0 Å². The Balaban J connectivity index is 2.24. The lowest BCUT2D eigenvalue weighted by atomic mass is 9.73. The highest BCUT2D eigenvalue weighted by molar-refractivity contribution is 6.35. The number of rotatable bonds is 3. The van der Waals surface area contributed by atoms with Crippen LogP contribution in [0.15, 0.2) is 24.3 Å². The van der Waals surface area contributed by atoms with Gasteiger partial charge in [0.05, 0.1) is 34.9 Å². The molecule has 1 heterocycles. The maximum atomic E-state index is 14.8. The van der Waals surface area contributed by atoms with E-state index < -0.39 is 81.8 Å². The average Bonchev–Trinajstić information content (AvgIpc) is 3.14. The second kappa shape index (κ2) is 8.49. The molecule has 0 aliphatic carbocycles. The van der Waals surface area contributed by atoms with E-state index in [9.17, 15) is 40.2 Å². The van der Waals surface area contributed by atoms with Crippen molar-refractivity contribution in [3.8, 4) is 6.07 Å². The molecule has 33 heavy (non-hydrogen) atoms. The SMILES string of the molecule is N#Cc1ccc(N2CCC(c3cc(Cl)c(F)c(Cl)c3F)(C(F)(F)F)C2CO)cc1C(F)(F)F. The lowest BCUT2D eigenvalue weighted by Crippen LogP contribution is -2.54. The van der Waals surface area contributed by atoms with Crippen molar-refractivity contribution in [1.29, 1.82) is 5.26 Å². The molecule has 0 saturated carbocycles. The molecule has 2 aromatic carbocycles. The van der Waals surface area contributed by atoms with Gasteiger partial charge in [-0.25, -0.2) is 8.78 Å². The summed E-state index contributed by atoms with van der Waals surface area (Å²) in [5, 5.41) is 16.6. The van der Waals surface area contributed by atoms with Crippen molar-refractivity contribution >= 4 is 28.9 Å². The molecular weight excluding hydrogens is 507 g/mol. The largest absolute Gasteiger partial charge is 0.417 e. The van der Waals surface area contributed by atoms with Crippen LogP contribution in [-0.2, 0) is 11.6 Å². The molecular formula is C20H12Cl2F8N2O. The number of aliphatic hydroxyl groups excluding tert-OH is 1. The zero-order valence-electron chi connectivity index (χ0n) is 16.1. The zero-order chi connectivity index (χ0) is 24.9. The van der Waals surface area contributed by atoms with Gasteiger partial charge in [-0.2, -0.15) is 31.6 Å². The number of anilines is 1. The minimum atomic E-state index is -5.25. The quantitative estimate of drug-likeness (QED) is 0.297. The van der Waals surface area contributed by atoms with Gasteiger partial charge in [0.2, 0.25) is 0 Å². The smallest absolute Gasteiger partial charge is 0.394 e. The molecule has 3 nitrogen and oxygen atoms in total. The van der Waals surface area contributed by atoms with Gasteiger partial charge in [-0.3, -0.25) is 0 Å². The standard InChI is InChI=1S/C20H12Cl2F8N2O/c21-13-6-12(16(23)15(22)17(13)24)18(20(28,29)30)3-4-32(14(18)8-33)10-2-1-9(7-31)11(5-10)19(25,26)27/h1-2,5-6,14,33H,3-4,8H2. The summed E-state index contributed by atoms with van der Waals surface area (Å²) in [4.78, 5) is 0.828. The van der Waals surface area contributed by atoms with Gasteiger partial charge in [-0.15, -0.1) is 0 Å². The van der Waals surface area contributed by atoms with Crippen LogP contribution in [0.25, 0.3) is 0 Å². The second-order valence-corrected chi connectivity index (χ2v) is 8.08. The minimum absolute atomic E-state index is 0.383. The summed E-state index contributed by atoms with van der Waals surface area (Å²) in [7, 11) is 0. The summed E-state index contributed by atoms with van der Waals surface area (Å²) in [6.07, 6.45) is -11.1. The van der Waals surface area contributed by atoms with Crippen LogP contribution in [0.1, 0.15) is 23.1 Å². The van der Waals surface area contributed by atoms with Gasteiger partial charge in [0.1, 0.15) is 16.3 Å². The summed E-state index contributed by atoms with van der Waals surface area (Å²) in [5.41, 5.74) is -6.85. The number of aliphatic hydroxyl groups is 1. The van der Waals surface area contributed by atoms with Crippen molar-refractivity contribution in [2.75, 3.05) is 18.1 Å². The Morgan fingerprint density at radius 3 is 2.24 bits per heavy atom. The molecule has 1 aliphatic rings. The number of hydrogen-bond acceptors (Lipinski definition) is 3. The van der Waals surface area contributed by atoms with Gasteiger partial charge in [0, 0.05) is 17.8 Å². The van der Waals surface area contributed by atoms with E-state index in [0.717, 1.165) is 17.0 Å². The van der Waals surface area contributed by atoms with E-state index in [-0.39, 0.29) is 5.69 Å². The van der Waals surface area contributed by atoms with Crippen LogP contribution in [0, 0.1) is 23.0 Å². The van der Waals surface area contributed by atoms with E-state index in [2.05, 4.69) is 0 Å². The number of hydrogen-bond donors (Lipinski definition) is 1. The lowest BCUT2D eigenvalue weighted by molar-refractivity contribution is -0.195. The lowest BCUT2D eigenvalue weighted by Gasteiger charge is -2.40. The van der Waals surface area contributed by atoms with E-state index in [0.29, 0.717) is 12.1 Å². The van der Waals surface area contributed by atoms with E-state index >= 15 is 0 Å². The fourth-order valence-corrected chi connectivity index (χ4v) is 4.64. The monoisotopic (exact) mass is 518 g/mol. The third kappa shape index (κ3) is 3.98. The fraction of sp³-hybridized carbons (Fsp3) is 0.350. The molecule has 0 aromatic heterocycles. The van der Waals surface area contributed by atoms with Gasteiger partial charge in [-0.05, 0) is 30.7 Å². The first kappa shape index (κ1) is 25.3. The van der Waals surface area contributed by atoms with Crippen LogP contribution >= 0.6 is 23.2 Å². The van der Waals surface area contributed by atoms with Crippen LogP contribution < -0.4 is 4.90 Å². The van der Waals surface area contributed by atoms with Crippen molar-refractivity contribution < 1.29 is 40.2 Å². The average molecular weight is 519 g/mol. The molecule has 0 spiro atoms. The summed E-state index contributed by atoms with van der Waals surface area (Å²) < 4.78 is 112. The Bertz CT molecular complexity index is 1130. The molecule has 2 unspecified atom stereocenters. The normalized spacial score (nSPS) is 21.4. The van der Waals surface area contributed by atoms with Crippen LogP contribution in [-0.4, -0.2) is 30.5 Å². The highest BCUT2D eigenvalue weighted by Gasteiger charge is 2.65. The molecule has 2 aromatic rings. The third-order valence-electron chi connectivity index (χ3n) is 5.71. The van der Waals surface area contributed by atoms with Gasteiger partial charge < -0.3 is 10.0 Å². The Labute approximate surface area is 191 Å². The zero-order valence-corrected chi connectivity index (χ0v) is 17.6. The van der Waals surface area contributed by atoms with Crippen molar-refractivity contribution in [1.82, 2.24) is 0 Å². The Morgan fingerprint density at radius 1 is 1.09 bits per heavy atom. The molecule has 0 amide bonds. The van der Waals surface area contributed by atoms with Crippen LogP contribution in [0.3, 0.4) is 0 Å². The summed E-state index contributed by atoms with van der Waals surface area (Å²) in [6.45, 7) is -1.81. The molecule has 1 fully saturated rings. The maximum Gasteiger partial charge on any atom is 0.417 e. The van der Waals surface area contributed by atoms with Gasteiger partial charge in [-0.1, -0.05) is 23.2 Å². The molecule has 1 saturated heterocycles. The first-order chi connectivity index (χ1) is 15.2. The molecule has 13 heteroatoms. The van der Waals surface area contributed by atoms with E-state index in [1.807, 2.05) is 0 Å². The molecule has 0 radical (unpaired) electrons. The number of nitrogens with zero attached hydrogens (tertiary/aromatic N) is 2. The van der Waals surface area contributed by atoms with Crippen molar-refractivity contribution in [3.05, 3.63) is 62.6 Å². The molecule has 3 rings (SSSR count). The summed E-state index contributed by atoms with van der Waals surface area (Å²) >= 11 is 11.1. The predicted octanol–water partition coefficient (Wildman–Crippen LogP) is 6.23. The van der Waals surface area contributed by atoms with E-state index in [1.165, 1.54) is 6.07 Å². The Kier molecular flexibility index (Phi) is 6.52. The molecule has 0 bridgehead atoms. The molecule has 2 atom stereocenters. The van der Waals surface area contributed by atoms with Gasteiger partial charge >= 0.3 is 12.4 Å². The first-order valence-corrected chi connectivity index (χ1v) is 9.85. The first-order valence-electron chi connectivity index (χ1n) is 9.09. The van der Waals surface area contributed by atoms with Gasteiger partial charge in [0.25, 0.3) is 0 Å². The van der Waals surface area contributed by atoms with Crippen molar-refractivity contribution in [3.63, 3.8) is 0 Å². The summed E-state index contributed by atoms with van der Waals surface area (Å²) in [6, 6.07) is 2.01. The van der Waals surface area contributed by atoms with Crippen LogP contribution in [0.2, 0.25) is 10.0 Å². The topological polar surface area (TPSA) is 47.3 Å². The number of alkyl halides is 6. The van der Waals surface area contributed by atoms with E-state index in [4.69, 9.17) is 28.5 Å². The Morgan fingerprint density at radius 2 is 1.73 bits per heavy atom. The number of nitriles is 1. The predicted molar refractivity (Wildman–Crippen MR) is 103 cm³/mol. The van der Waals surface area contributed by atoms with Crippen molar-refractivity contribution in [2.45, 2.75) is 30.2 Å². The van der Waals surface area contributed by atoms with E-state index in [1.54, 1.807) is 0 Å². The highest BCUT2D eigenvalue weighted by Crippen LogP contribution is 2.54. The molecule has 1 aliphatic heterocycles.